The van der Waals surface area contributed by atoms with Crippen molar-refractivity contribution in [2.75, 3.05) is 0 Å². The molecule has 0 saturated heterocycles. The Labute approximate surface area is 81.8 Å². The summed E-state index contributed by atoms with van der Waals surface area (Å²) in [6, 6.07) is 2.06. The number of rotatable bonds is 0. The van der Waals surface area contributed by atoms with E-state index in [2.05, 4.69) is 16.0 Å². The number of benzene rings is 1. The summed E-state index contributed by atoms with van der Waals surface area (Å²) in [5.41, 5.74) is 3.94. The van der Waals surface area contributed by atoms with E-state index in [0.29, 0.717) is 5.39 Å². The number of nitrogens with zero attached hydrogens (tertiary/aromatic N) is 1. The molecule has 0 spiro atoms. The number of hydrogen-bond donors (Lipinski definition) is 1. The molecule has 0 atom stereocenters. The molecule has 0 bridgehead atoms. The summed E-state index contributed by atoms with van der Waals surface area (Å²) in [4.78, 5) is 18.4. The molecule has 72 valence electrons. The Morgan fingerprint density at radius 1 is 1.21 bits per heavy atom. The van der Waals surface area contributed by atoms with Crippen LogP contribution in [0.25, 0.3) is 10.9 Å². The summed E-state index contributed by atoms with van der Waals surface area (Å²) in [6.07, 6.45) is 1.45. The first-order valence-electron chi connectivity index (χ1n) is 4.55. The van der Waals surface area contributed by atoms with Gasteiger partial charge in [-0.3, -0.25) is 4.79 Å². The zero-order valence-corrected chi connectivity index (χ0v) is 8.51. The van der Waals surface area contributed by atoms with Crippen molar-refractivity contribution in [3.05, 3.63) is 39.4 Å². The van der Waals surface area contributed by atoms with E-state index in [1.54, 1.807) is 0 Å². The molecule has 1 aromatic heterocycles. The molecular weight excluding hydrogens is 176 g/mol. The number of aromatic nitrogens is 2. The fourth-order valence-corrected chi connectivity index (χ4v) is 1.75. The van der Waals surface area contributed by atoms with E-state index in [9.17, 15) is 4.79 Å². The quantitative estimate of drug-likeness (QED) is 0.685. The minimum Gasteiger partial charge on any atom is -0.313 e. The van der Waals surface area contributed by atoms with Gasteiger partial charge >= 0.3 is 0 Å². The minimum absolute atomic E-state index is 0.0562. The summed E-state index contributed by atoms with van der Waals surface area (Å²) < 4.78 is 0. The minimum atomic E-state index is -0.0562. The van der Waals surface area contributed by atoms with Gasteiger partial charge in [0, 0.05) is 0 Å². The number of aryl methyl sites for hydroxylation is 3. The highest BCUT2D eigenvalue weighted by Crippen LogP contribution is 2.19. The smallest absolute Gasteiger partial charge is 0.258 e. The predicted octanol–water partition coefficient (Wildman–Crippen LogP) is 1.85. The average Bonchev–Trinajstić information content (AvgIpc) is 2.14. The molecule has 0 amide bonds. The largest absolute Gasteiger partial charge is 0.313 e. The fourth-order valence-electron chi connectivity index (χ4n) is 1.75. The molecule has 1 aromatic carbocycles. The third kappa shape index (κ3) is 1.13. The van der Waals surface area contributed by atoms with Crippen molar-refractivity contribution in [1.29, 1.82) is 0 Å². The first-order chi connectivity index (χ1) is 6.61. The molecule has 0 aliphatic rings. The Hall–Kier alpha value is -1.64. The predicted molar refractivity (Wildman–Crippen MR) is 56.6 cm³/mol. The Kier molecular flexibility index (Phi) is 1.88. The van der Waals surface area contributed by atoms with Gasteiger partial charge in [-0.25, -0.2) is 4.98 Å². The second kappa shape index (κ2) is 2.94. The Morgan fingerprint density at radius 3 is 2.64 bits per heavy atom. The van der Waals surface area contributed by atoms with Gasteiger partial charge in [0.25, 0.3) is 5.56 Å². The monoisotopic (exact) mass is 188 g/mol. The number of H-pyrrole nitrogens is 1. The second-order valence-electron chi connectivity index (χ2n) is 3.59. The highest BCUT2D eigenvalue weighted by atomic mass is 16.1. The van der Waals surface area contributed by atoms with Gasteiger partial charge in [-0.15, -0.1) is 0 Å². The molecule has 1 heterocycles. The summed E-state index contributed by atoms with van der Waals surface area (Å²) in [5.74, 6) is 0. The van der Waals surface area contributed by atoms with Crippen LogP contribution in [0, 0.1) is 20.8 Å². The summed E-state index contributed by atoms with van der Waals surface area (Å²) in [7, 11) is 0. The van der Waals surface area contributed by atoms with Gasteiger partial charge in [0.15, 0.2) is 0 Å². The van der Waals surface area contributed by atoms with E-state index < -0.39 is 0 Å². The average molecular weight is 188 g/mol. The standard InChI is InChI=1S/C11H12N2O/c1-6-4-7(2)10-9(8(6)3)11(14)13-5-12-10/h4-5H,1-3H3,(H,12,13,14). The molecule has 0 aliphatic carbocycles. The second-order valence-corrected chi connectivity index (χ2v) is 3.59. The van der Waals surface area contributed by atoms with Crippen LogP contribution in [0.2, 0.25) is 0 Å². The lowest BCUT2D eigenvalue weighted by Crippen LogP contribution is -2.09. The Morgan fingerprint density at radius 2 is 1.93 bits per heavy atom. The van der Waals surface area contributed by atoms with Crippen LogP contribution in [0.5, 0.6) is 0 Å². The molecule has 3 heteroatoms. The maximum absolute atomic E-state index is 11.6. The summed E-state index contributed by atoms with van der Waals surface area (Å²) >= 11 is 0. The first kappa shape index (κ1) is 8.94. The van der Waals surface area contributed by atoms with Crippen molar-refractivity contribution < 1.29 is 0 Å². The normalized spacial score (nSPS) is 10.8. The van der Waals surface area contributed by atoms with Gasteiger partial charge in [-0.1, -0.05) is 6.07 Å². The SMILES string of the molecule is Cc1cc(C)c2nc[nH]c(=O)c2c1C. The molecular formula is C11H12N2O. The lowest BCUT2D eigenvalue weighted by Gasteiger charge is -2.06. The van der Waals surface area contributed by atoms with Crippen molar-refractivity contribution in [1.82, 2.24) is 9.97 Å². The Balaban J connectivity index is 3.11. The van der Waals surface area contributed by atoms with Crippen LogP contribution in [0.3, 0.4) is 0 Å². The molecule has 0 saturated carbocycles. The molecule has 2 rings (SSSR count). The van der Waals surface area contributed by atoms with E-state index in [4.69, 9.17) is 0 Å². The third-order valence-corrected chi connectivity index (χ3v) is 2.63. The van der Waals surface area contributed by atoms with Crippen molar-refractivity contribution >= 4 is 10.9 Å². The lowest BCUT2D eigenvalue weighted by molar-refractivity contribution is 1.15. The molecule has 2 aromatic rings. The van der Waals surface area contributed by atoms with Gasteiger partial charge in [-0.2, -0.15) is 0 Å². The number of fused-ring (bicyclic) bond motifs is 1. The molecule has 0 unspecified atom stereocenters. The van der Waals surface area contributed by atoms with Gasteiger partial charge in [0.05, 0.1) is 17.2 Å². The maximum atomic E-state index is 11.6. The van der Waals surface area contributed by atoms with E-state index in [0.717, 1.165) is 22.2 Å². The van der Waals surface area contributed by atoms with Crippen LogP contribution in [0.1, 0.15) is 16.7 Å². The third-order valence-electron chi connectivity index (χ3n) is 2.63. The number of hydrogen-bond acceptors (Lipinski definition) is 2. The number of nitrogens with one attached hydrogen (secondary N) is 1. The van der Waals surface area contributed by atoms with Crippen molar-refractivity contribution in [2.24, 2.45) is 0 Å². The molecule has 14 heavy (non-hydrogen) atoms. The maximum Gasteiger partial charge on any atom is 0.258 e. The van der Waals surface area contributed by atoms with Gasteiger partial charge < -0.3 is 4.98 Å². The van der Waals surface area contributed by atoms with Crippen LogP contribution < -0.4 is 5.56 Å². The molecule has 0 radical (unpaired) electrons. The van der Waals surface area contributed by atoms with Crippen LogP contribution in [0.4, 0.5) is 0 Å². The molecule has 1 N–H and O–H groups in total. The first-order valence-corrected chi connectivity index (χ1v) is 4.55. The van der Waals surface area contributed by atoms with Gasteiger partial charge in [0.1, 0.15) is 0 Å². The molecule has 3 nitrogen and oxygen atoms in total. The van der Waals surface area contributed by atoms with Crippen molar-refractivity contribution in [3.63, 3.8) is 0 Å². The zero-order chi connectivity index (χ0) is 10.3. The highest BCUT2D eigenvalue weighted by molar-refractivity contribution is 5.84. The van der Waals surface area contributed by atoms with E-state index in [1.807, 2.05) is 20.8 Å². The van der Waals surface area contributed by atoms with Crippen molar-refractivity contribution in [3.8, 4) is 0 Å². The molecule has 0 aliphatic heterocycles. The Bertz CT molecular complexity index is 555. The van der Waals surface area contributed by atoms with E-state index in [1.165, 1.54) is 6.33 Å². The fraction of sp³-hybridized carbons (Fsp3) is 0.273. The topological polar surface area (TPSA) is 45.8 Å². The van der Waals surface area contributed by atoms with Crippen LogP contribution in [-0.2, 0) is 0 Å². The van der Waals surface area contributed by atoms with Crippen molar-refractivity contribution in [2.45, 2.75) is 20.8 Å². The highest BCUT2D eigenvalue weighted by Gasteiger charge is 2.07. The van der Waals surface area contributed by atoms with Gasteiger partial charge in [-0.05, 0) is 37.5 Å². The van der Waals surface area contributed by atoms with Crippen LogP contribution in [0.15, 0.2) is 17.2 Å². The molecule has 0 fully saturated rings. The van der Waals surface area contributed by atoms with E-state index in [-0.39, 0.29) is 5.56 Å². The summed E-state index contributed by atoms with van der Waals surface area (Å²) in [6.45, 7) is 5.93. The van der Waals surface area contributed by atoms with Crippen LogP contribution >= 0.6 is 0 Å². The van der Waals surface area contributed by atoms with Crippen LogP contribution in [-0.4, -0.2) is 9.97 Å². The number of aromatic amines is 1. The zero-order valence-electron chi connectivity index (χ0n) is 8.51. The van der Waals surface area contributed by atoms with Gasteiger partial charge in [0.2, 0.25) is 0 Å². The summed E-state index contributed by atoms with van der Waals surface area (Å²) in [5, 5.41) is 0.713. The van der Waals surface area contributed by atoms with E-state index >= 15 is 0 Å². The lowest BCUT2D eigenvalue weighted by atomic mass is 10.0.